The Kier molecular flexibility index (Phi) is 4.30. The lowest BCUT2D eigenvalue weighted by Crippen LogP contribution is -2.58. The first kappa shape index (κ1) is 15.1. The minimum Gasteiger partial charge on any atom is -0.507 e. The van der Waals surface area contributed by atoms with Crippen molar-refractivity contribution in [3.63, 3.8) is 0 Å². The molecule has 0 unspecified atom stereocenters. The van der Waals surface area contributed by atoms with Gasteiger partial charge in [-0.3, -0.25) is 4.79 Å². The molecule has 2 rings (SSSR count). The number of carbonyl (C=O) groups excluding carboxylic acids is 1. The van der Waals surface area contributed by atoms with Crippen LogP contribution >= 0.6 is 0 Å². The van der Waals surface area contributed by atoms with E-state index in [4.69, 9.17) is 10.9 Å². The van der Waals surface area contributed by atoms with Crippen molar-refractivity contribution < 1.29 is 19.5 Å². The van der Waals surface area contributed by atoms with Crippen molar-refractivity contribution >= 4 is 11.7 Å². The molecule has 0 atom stereocenters. The molecule has 0 heterocycles. The second-order valence-electron chi connectivity index (χ2n) is 5.24. The standard InChI is InChI=1S/C14H18FN3O3/c15-9-4-5-11(19)10(8-9)12(20)17-14(13(16)18-21)6-2-1-3-7-14/h4-5,8,19,21H,1-3,6-7H2,(H2,16,18)(H,17,20). The zero-order valence-electron chi connectivity index (χ0n) is 11.5. The number of carbonyl (C=O) groups is 1. The Labute approximate surface area is 121 Å². The Hall–Kier alpha value is -2.31. The van der Waals surface area contributed by atoms with Gasteiger partial charge in [-0.25, -0.2) is 4.39 Å². The molecule has 1 fully saturated rings. The summed E-state index contributed by atoms with van der Waals surface area (Å²) in [5.41, 5.74) is 4.59. The van der Waals surface area contributed by atoms with Crippen LogP contribution in [0.5, 0.6) is 5.75 Å². The number of rotatable bonds is 3. The maximum atomic E-state index is 13.2. The number of nitrogens with two attached hydrogens (primary N) is 1. The van der Waals surface area contributed by atoms with Gasteiger partial charge in [-0.1, -0.05) is 24.4 Å². The molecule has 1 aliphatic rings. The quantitative estimate of drug-likeness (QED) is 0.294. The van der Waals surface area contributed by atoms with Crippen molar-refractivity contribution in [3.05, 3.63) is 29.6 Å². The minimum atomic E-state index is -0.956. The van der Waals surface area contributed by atoms with Crippen molar-refractivity contribution in [1.82, 2.24) is 5.32 Å². The third-order valence-electron chi connectivity index (χ3n) is 3.86. The third-order valence-corrected chi connectivity index (χ3v) is 3.86. The van der Waals surface area contributed by atoms with Crippen molar-refractivity contribution in [2.45, 2.75) is 37.6 Å². The molecule has 5 N–H and O–H groups in total. The molecule has 0 radical (unpaired) electrons. The highest BCUT2D eigenvalue weighted by Crippen LogP contribution is 2.29. The molecule has 1 aliphatic carbocycles. The first-order valence-corrected chi connectivity index (χ1v) is 6.77. The summed E-state index contributed by atoms with van der Waals surface area (Å²) in [6.45, 7) is 0. The summed E-state index contributed by atoms with van der Waals surface area (Å²) < 4.78 is 13.2. The number of hydrogen-bond donors (Lipinski definition) is 4. The molecule has 1 aromatic rings. The molecule has 0 saturated heterocycles. The maximum Gasteiger partial charge on any atom is 0.255 e. The maximum absolute atomic E-state index is 13.2. The Morgan fingerprint density at radius 3 is 2.62 bits per heavy atom. The van der Waals surface area contributed by atoms with E-state index in [1.54, 1.807) is 0 Å². The van der Waals surface area contributed by atoms with E-state index in [2.05, 4.69) is 10.5 Å². The Balaban J connectivity index is 2.28. The largest absolute Gasteiger partial charge is 0.507 e. The summed E-state index contributed by atoms with van der Waals surface area (Å²) in [6, 6.07) is 3.13. The predicted molar refractivity (Wildman–Crippen MR) is 74.8 cm³/mol. The average Bonchev–Trinajstić information content (AvgIpc) is 2.49. The summed E-state index contributed by atoms with van der Waals surface area (Å²) in [5.74, 6) is -1.68. The lowest BCUT2D eigenvalue weighted by atomic mass is 9.80. The lowest BCUT2D eigenvalue weighted by Gasteiger charge is -2.36. The van der Waals surface area contributed by atoms with Crippen LogP contribution in [-0.2, 0) is 0 Å². The average molecular weight is 295 g/mol. The molecule has 21 heavy (non-hydrogen) atoms. The van der Waals surface area contributed by atoms with Crippen molar-refractivity contribution in [2.75, 3.05) is 0 Å². The van der Waals surface area contributed by atoms with Crippen LogP contribution in [-0.4, -0.2) is 27.6 Å². The predicted octanol–water partition coefficient (Wildman–Crippen LogP) is 1.71. The van der Waals surface area contributed by atoms with Gasteiger partial charge in [0.1, 0.15) is 17.1 Å². The molecule has 1 saturated carbocycles. The van der Waals surface area contributed by atoms with Gasteiger partial charge in [-0.2, -0.15) is 0 Å². The summed E-state index contributed by atoms with van der Waals surface area (Å²) in [6.07, 6.45) is 3.72. The SMILES string of the molecule is N/C(=N/O)C1(NC(=O)c2cc(F)ccc2O)CCCCC1. The van der Waals surface area contributed by atoms with E-state index in [0.717, 1.165) is 37.5 Å². The van der Waals surface area contributed by atoms with Crippen LogP contribution in [0.15, 0.2) is 23.4 Å². The minimum absolute atomic E-state index is 0.0774. The van der Waals surface area contributed by atoms with Crippen molar-refractivity contribution in [2.24, 2.45) is 10.9 Å². The molecule has 0 aliphatic heterocycles. The number of nitrogens with one attached hydrogen (secondary N) is 1. The Morgan fingerprint density at radius 1 is 1.33 bits per heavy atom. The molecule has 0 bridgehead atoms. The number of nitrogens with zero attached hydrogens (tertiary/aromatic N) is 1. The Morgan fingerprint density at radius 2 is 2.00 bits per heavy atom. The van der Waals surface area contributed by atoms with E-state index in [1.165, 1.54) is 0 Å². The molecule has 1 aromatic carbocycles. The van der Waals surface area contributed by atoms with Gasteiger partial charge in [0.25, 0.3) is 5.91 Å². The molecular weight excluding hydrogens is 277 g/mol. The second kappa shape index (κ2) is 5.99. The summed E-state index contributed by atoms with van der Waals surface area (Å²) in [4.78, 5) is 12.3. The fourth-order valence-corrected chi connectivity index (χ4v) is 2.67. The van der Waals surface area contributed by atoms with Gasteiger partial charge in [-0.15, -0.1) is 0 Å². The van der Waals surface area contributed by atoms with Crippen LogP contribution in [0, 0.1) is 5.82 Å². The molecule has 0 spiro atoms. The van der Waals surface area contributed by atoms with Crippen LogP contribution in [0.1, 0.15) is 42.5 Å². The number of hydrogen-bond acceptors (Lipinski definition) is 4. The van der Waals surface area contributed by atoms with Gasteiger partial charge in [0.05, 0.1) is 5.56 Å². The number of phenolic OH excluding ortho intramolecular Hbond substituents is 1. The molecule has 7 heteroatoms. The van der Waals surface area contributed by atoms with Crippen LogP contribution < -0.4 is 11.1 Å². The van der Waals surface area contributed by atoms with E-state index in [-0.39, 0.29) is 17.1 Å². The first-order valence-electron chi connectivity index (χ1n) is 6.77. The number of phenols is 1. The number of amidine groups is 1. The van der Waals surface area contributed by atoms with Crippen molar-refractivity contribution in [1.29, 1.82) is 0 Å². The van der Waals surface area contributed by atoms with E-state index >= 15 is 0 Å². The number of benzene rings is 1. The first-order chi connectivity index (χ1) is 9.98. The highest BCUT2D eigenvalue weighted by atomic mass is 19.1. The van der Waals surface area contributed by atoms with Crippen LogP contribution in [0.25, 0.3) is 0 Å². The highest BCUT2D eigenvalue weighted by molar-refractivity contribution is 6.01. The van der Waals surface area contributed by atoms with E-state index < -0.39 is 17.3 Å². The third kappa shape index (κ3) is 3.07. The molecule has 6 nitrogen and oxygen atoms in total. The number of amides is 1. The van der Waals surface area contributed by atoms with Gasteiger partial charge >= 0.3 is 0 Å². The van der Waals surface area contributed by atoms with Gasteiger partial charge in [0, 0.05) is 0 Å². The normalized spacial score (nSPS) is 18.2. The van der Waals surface area contributed by atoms with E-state index in [9.17, 15) is 14.3 Å². The Bertz CT molecular complexity index is 569. The molecule has 1 amide bonds. The number of aromatic hydroxyl groups is 1. The second-order valence-corrected chi connectivity index (χ2v) is 5.24. The van der Waals surface area contributed by atoms with E-state index in [0.29, 0.717) is 12.8 Å². The zero-order chi connectivity index (χ0) is 15.5. The summed E-state index contributed by atoms with van der Waals surface area (Å²) in [7, 11) is 0. The fourth-order valence-electron chi connectivity index (χ4n) is 2.67. The monoisotopic (exact) mass is 295 g/mol. The van der Waals surface area contributed by atoms with Crippen LogP contribution in [0.4, 0.5) is 4.39 Å². The molecular formula is C14H18FN3O3. The van der Waals surface area contributed by atoms with E-state index in [1.807, 2.05) is 0 Å². The summed E-state index contributed by atoms with van der Waals surface area (Å²) in [5, 5.41) is 24.3. The van der Waals surface area contributed by atoms with Crippen molar-refractivity contribution in [3.8, 4) is 5.75 Å². The fraction of sp³-hybridized carbons (Fsp3) is 0.429. The lowest BCUT2D eigenvalue weighted by molar-refractivity contribution is 0.0902. The smallest absolute Gasteiger partial charge is 0.255 e. The summed E-state index contributed by atoms with van der Waals surface area (Å²) >= 11 is 0. The topological polar surface area (TPSA) is 108 Å². The van der Waals surface area contributed by atoms with Crippen LogP contribution in [0.3, 0.4) is 0 Å². The van der Waals surface area contributed by atoms with Gasteiger partial charge < -0.3 is 21.4 Å². The number of halogens is 1. The van der Waals surface area contributed by atoms with Gasteiger partial charge in [0.15, 0.2) is 5.84 Å². The molecule has 114 valence electrons. The van der Waals surface area contributed by atoms with Gasteiger partial charge in [0.2, 0.25) is 0 Å². The zero-order valence-corrected chi connectivity index (χ0v) is 11.5. The van der Waals surface area contributed by atoms with Crippen LogP contribution in [0.2, 0.25) is 0 Å². The highest BCUT2D eigenvalue weighted by Gasteiger charge is 2.38. The number of oxime groups is 1. The molecule has 0 aromatic heterocycles. The van der Waals surface area contributed by atoms with Gasteiger partial charge in [-0.05, 0) is 31.0 Å².